The van der Waals surface area contributed by atoms with Gasteiger partial charge in [-0.3, -0.25) is 9.79 Å². The Labute approximate surface area is 146 Å². The van der Waals surface area contributed by atoms with E-state index >= 15 is 0 Å². The van der Waals surface area contributed by atoms with E-state index < -0.39 is 5.92 Å². The van der Waals surface area contributed by atoms with Crippen LogP contribution >= 0.6 is 0 Å². The minimum Gasteiger partial charge on any atom is -0.497 e. The quantitative estimate of drug-likeness (QED) is 0.781. The molecule has 0 fully saturated rings. The van der Waals surface area contributed by atoms with Crippen LogP contribution in [0.4, 0.5) is 4.39 Å². The highest BCUT2D eigenvalue weighted by Gasteiger charge is 2.39. The van der Waals surface area contributed by atoms with E-state index in [1.165, 1.54) is 12.1 Å². The molecule has 0 bridgehead atoms. The molecule has 0 spiro atoms. The molecule has 0 saturated carbocycles. The van der Waals surface area contributed by atoms with E-state index in [0.717, 1.165) is 16.9 Å². The summed E-state index contributed by atoms with van der Waals surface area (Å²) < 4.78 is 23.7. The summed E-state index contributed by atoms with van der Waals surface area (Å²) >= 11 is 0. The van der Waals surface area contributed by atoms with E-state index in [0.29, 0.717) is 18.9 Å². The summed E-state index contributed by atoms with van der Waals surface area (Å²) in [4.78, 5) is 17.2. The molecule has 130 valence electrons. The summed E-state index contributed by atoms with van der Waals surface area (Å²) in [5.74, 6) is -0.518. The number of aliphatic imine (C=N–C) groups is 1. The summed E-state index contributed by atoms with van der Waals surface area (Å²) in [5, 5.41) is 0. The maximum atomic E-state index is 13.2. The van der Waals surface area contributed by atoms with E-state index in [1.807, 2.05) is 24.3 Å². The average molecular weight is 341 g/mol. The Morgan fingerprint density at radius 3 is 2.44 bits per heavy atom. The molecular weight excluding hydrogens is 321 g/mol. The van der Waals surface area contributed by atoms with Crippen molar-refractivity contribution in [1.29, 1.82) is 0 Å². The molecular formula is C20H20FNO3. The fraction of sp³-hybridized carbons (Fsp3) is 0.300. The van der Waals surface area contributed by atoms with Crippen LogP contribution in [0.15, 0.2) is 53.5 Å². The van der Waals surface area contributed by atoms with Gasteiger partial charge in [-0.15, -0.1) is 0 Å². The lowest BCUT2D eigenvalue weighted by atomic mass is 9.83. The van der Waals surface area contributed by atoms with E-state index in [-0.39, 0.29) is 17.7 Å². The van der Waals surface area contributed by atoms with Gasteiger partial charge in [0.05, 0.1) is 19.4 Å². The highest BCUT2D eigenvalue weighted by Crippen LogP contribution is 2.35. The molecule has 5 heteroatoms. The van der Waals surface area contributed by atoms with Crippen molar-refractivity contribution in [3.8, 4) is 5.75 Å². The molecule has 2 atom stereocenters. The number of nitrogens with zero attached hydrogens (tertiary/aromatic N) is 1. The number of benzene rings is 2. The van der Waals surface area contributed by atoms with Crippen LogP contribution in [0.5, 0.6) is 5.75 Å². The third-order valence-corrected chi connectivity index (χ3v) is 4.38. The van der Waals surface area contributed by atoms with E-state index in [2.05, 4.69) is 4.99 Å². The number of carbonyl (C=O) groups is 1. The lowest BCUT2D eigenvalue weighted by Gasteiger charge is -2.20. The van der Waals surface area contributed by atoms with E-state index in [4.69, 9.17) is 9.47 Å². The fourth-order valence-corrected chi connectivity index (χ4v) is 3.14. The highest BCUT2D eigenvalue weighted by atomic mass is 19.1. The largest absolute Gasteiger partial charge is 0.497 e. The number of rotatable bonds is 5. The van der Waals surface area contributed by atoms with Gasteiger partial charge < -0.3 is 9.47 Å². The molecule has 1 heterocycles. The van der Waals surface area contributed by atoms with Gasteiger partial charge in [0.15, 0.2) is 0 Å². The number of carbonyl (C=O) groups excluding carboxylic acids is 1. The van der Waals surface area contributed by atoms with Gasteiger partial charge in [-0.1, -0.05) is 12.1 Å². The lowest BCUT2D eigenvalue weighted by Crippen LogP contribution is -2.29. The third kappa shape index (κ3) is 3.55. The van der Waals surface area contributed by atoms with Crippen molar-refractivity contribution >= 4 is 11.7 Å². The van der Waals surface area contributed by atoms with Gasteiger partial charge in [0, 0.05) is 12.5 Å². The zero-order chi connectivity index (χ0) is 17.8. The van der Waals surface area contributed by atoms with Crippen LogP contribution in [0.3, 0.4) is 0 Å². The summed E-state index contributed by atoms with van der Waals surface area (Å²) in [7, 11) is 1.61. The van der Waals surface area contributed by atoms with Crippen molar-refractivity contribution in [2.75, 3.05) is 20.3 Å². The maximum Gasteiger partial charge on any atom is 0.315 e. The summed E-state index contributed by atoms with van der Waals surface area (Å²) in [6.07, 6.45) is 0. The van der Waals surface area contributed by atoms with Gasteiger partial charge in [-0.2, -0.15) is 0 Å². The Balaban J connectivity index is 1.94. The molecule has 1 aliphatic rings. The van der Waals surface area contributed by atoms with Crippen molar-refractivity contribution in [1.82, 2.24) is 0 Å². The molecule has 0 radical (unpaired) electrons. The Hall–Kier alpha value is -2.69. The molecule has 1 aliphatic heterocycles. The molecule has 4 nitrogen and oxygen atoms in total. The molecule has 2 unspecified atom stereocenters. The number of methoxy groups -OCH3 is 1. The number of hydrogen-bond donors (Lipinski definition) is 0. The second-order valence-corrected chi connectivity index (χ2v) is 5.84. The van der Waals surface area contributed by atoms with E-state index in [1.54, 1.807) is 26.2 Å². The normalized spacial score (nSPS) is 19.4. The van der Waals surface area contributed by atoms with Crippen LogP contribution in [0.2, 0.25) is 0 Å². The van der Waals surface area contributed by atoms with Crippen molar-refractivity contribution in [3.63, 3.8) is 0 Å². The molecule has 0 aromatic heterocycles. The van der Waals surface area contributed by atoms with Gasteiger partial charge in [0.1, 0.15) is 17.5 Å². The highest BCUT2D eigenvalue weighted by molar-refractivity contribution is 6.13. The lowest BCUT2D eigenvalue weighted by molar-refractivity contribution is -0.145. The number of ether oxygens (including phenoxy) is 2. The fourth-order valence-electron chi connectivity index (χ4n) is 3.14. The third-order valence-electron chi connectivity index (χ3n) is 4.38. The summed E-state index contributed by atoms with van der Waals surface area (Å²) in [5.41, 5.74) is 2.45. The second kappa shape index (κ2) is 7.47. The van der Waals surface area contributed by atoms with Crippen LogP contribution in [0.25, 0.3) is 0 Å². The van der Waals surface area contributed by atoms with Crippen LogP contribution in [0.1, 0.15) is 24.0 Å². The monoisotopic (exact) mass is 341 g/mol. The molecule has 0 amide bonds. The summed E-state index contributed by atoms with van der Waals surface area (Å²) in [6.45, 7) is 2.56. The summed E-state index contributed by atoms with van der Waals surface area (Å²) in [6, 6.07) is 13.7. The Morgan fingerprint density at radius 2 is 1.84 bits per heavy atom. The minimum atomic E-state index is -0.501. The zero-order valence-corrected chi connectivity index (χ0v) is 14.2. The maximum absolute atomic E-state index is 13.2. The standard InChI is InChI=1S/C20H20FNO3/c1-3-25-20(23)18-17(13-4-8-15(21)9-5-13)12-22-19(18)14-6-10-16(24-2)11-7-14/h4-11,17-18H,3,12H2,1-2H3. The predicted octanol–water partition coefficient (Wildman–Crippen LogP) is 3.60. The predicted molar refractivity (Wildman–Crippen MR) is 93.7 cm³/mol. The Bertz CT molecular complexity index is 769. The number of esters is 1. The molecule has 0 aliphatic carbocycles. The van der Waals surface area contributed by atoms with Crippen molar-refractivity contribution in [2.45, 2.75) is 12.8 Å². The van der Waals surface area contributed by atoms with Crippen molar-refractivity contribution < 1.29 is 18.7 Å². The van der Waals surface area contributed by atoms with Gasteiger partial charge >= 0.3 is 5.97 Å². The number of halogens is 1. The van der Waals surface area contributed by atoms with Crippen molar-refractivity contribution in [2.24, 2.45) is 10.9 Å². The number of hydrogen-bond acceptors (Lipinski definition) is 4. The first-order valence-electron chi connectivity index (χ1n) is 8.25. The molecule has 2 aromatic rings. The van der Waals surface area contributed by atoms with Crippen LogP contribution in [-0.2, 0) is 9.53 Å². The zero-order valence-electron chi connectivity index (χ0n) is 14.2. The molecule has 3 rings (SSSR count). The molecule has 0 N–H and O–H groups in total. The first-order valence-corrected chi connectivity index (χ1v) is 8.25. The first-order chi connectivity index (χ1) is 12.1. The second-order valence-electron chi connectivity index (χ2n) is 5.84. The van der Waals surface area contributed by atoms with E-state index in [9.17, 15) is 9.18 Å². The smallest absolute Gasteiger partial charge is 0.315 e. The minimum absolute atomic E-state index is 0.156. The van der Waals surface area contributed by atoms with Crippen LogP contribution in [0, 0.1) is 11.7 Å². The van der Waals surface area contributed by atoms with Gasteiger partial charge in [-0.25, -0.2) is 4.39 Å². The Morgan fingerprint density at radius 1 is 1.16 bits per heavy atom. The SMILES string of the molecule is CCOC(=O)C1C(c2ccc(OC)cc2)=NCC1c1ccc(F)cc1. The van der Waals surface area contributed by atoms with Crippen LogP contribution < -0.4 is 4.74 Å². The van der Waals surface area contributed by atoms with Gasteiger partial charge in [0.25, 0.3) is 0 Å². The first kappa shape index (κ1) is 17.1. The molecule has 25 heavy (non-hydrogen) atoms. The van der Waals surface area contributed by atoms with Gasteiger partial charge in [0.2, 0.25) is 0 Å². The van der Waals surface area contributed by atoms with Crippen LogP contribution in [-0.4, -0.2) is 31.9 Å². The molecule has 0 saturated heterocycles. The molecule has 2 aromatic carbocycles. The topological polar surface area (TPSA) is 47.9 Å². The Kier molecular flexibility index (Phi) is 5.12. The van der Waals surface area contributed by atoms with Gasteiger partial charge in [-0.05, 0) is 54.4 Å². The average Bonchev–Trinajstić information content (AvgIpc) is 3.08. The van der Waals surface area contributed by atoms with Crippen molar-refractivity contribution in [3.05, 3.63) is 65.5 Å².